The van der Waals surface area contributed by atoms with Crippen LogP contribution in [0.3, 0.4) is 0 Å². The molecule has 0 saturated carbocycles. The van der Waals surface area contributed by atoms with E-state index in [0.29, 0.717) is 13.0 Å². The van der Waals surface area contributed by atoms with Crippen LogP contribution in [0, 0.1) is 5.41 Å². The monoisotopic (exact) mass is 290 g/mol. The zero-order valence-corrected chi connectivity index (χ0v) is 13.1. The summed E-state index contributed by atoms with van der Waals surface area (Å²) in [6.07, 6.45) is 3.46. The predicted molar refractivity (Wildman–Crippen MR) is 84.3 cm³/mol. The number of hydrogen-bond donors (Lipinski definition) is 1. The highest BCUT2D eigenvalue weighted by molar-refractivity contribution is 5.76. The van der Waals surface area contributed by atoms with Crippen molar-refractivity contribution in [1.29, 1.82) is 0 Å². The minimum atomic E-state index is 0.117. The lowest BCUT2D eigenvalue weighted by molar-refractivity contribution is -0.130. The van der Waals surface area contributed by atoms with Gasteiger partial charge in [0.2, 0.25) is 5.91 Å². The fourth-order valence-electron chi connectivity index (χ4n) is 2.80. The summed E-state index contributed by atoms with van der Waals surface area (Å²) in [5.74, 6) is 1.13. The fraction of sp³-hybridized carbons (Fsp3) is 0.588. The highest BCUT2D eigenvalue weighted by Crippen LogP contribution is 2.29. The van der Waals surface area contributed by atoms with Gasteiger partial charge in [-0.3, -0.25) is 4.79 Å². The summed E-state index contributed by atoms with van der Waals surface area (Å²) in [5, 5.41) is 0. The van der Waals surface area contributed by atoms with Crippen LogP contribution in [0.25, 0.3) is 0 Å². The van der Waals surface area contributed by atoms with Gasteiger partial charge in [0.05, 0.1) is 7.11 Å². The zero-order chi connectivity index (χ0) is 15.3. The molecule has 1 atom stereocenters. The van der Waals surface area contributed by atoms with Gasteiger partial charge < -0.3 is 15.4 Å². The van der Waals surface area contributed by atoms with E-state index in [1.54, 1.807) is 7.11 Å². The number of carbonyl (C=O) groups is 1. The van der Waals surface area contributed by atoms with E-state index in [-0.39, 0.29) is 11.3 Å². The molecule has 4 heteroatoms. The lowest BCUT2D eigenvalue weighted by Crippen LogP contribution is -2.34. The zero-order valence-electron chi connectivity index (χ0n) is 13.1. The van der Waals surface area contributed by atoms with Crippen LogP contribution < -0.4 is 10.5 Å². The molecular formula is C17H26N2O2. The van der Waals surface area contributed by atoms with Crippen LogP contribution in [-0.2, 0) is 11.2 Å². The summed E-state index contributed by atoms with van der Waals surface area (Å²) in [5.41, 5.74) is 7.15. The average molecular weight is 290 g/mol. The normalized spacial score (nSPS) is 21.6. The molecule has 0 radical (unpaired) electrons. The number of nitrogens with zero attached hydrogens (tertiary/aromatic N) is 1. The van der Waals surface area contributed by atoms with E-state index >= 15 is 0 Å². The van der Waals surface area contributed by atoms with Gasteiger partial charge in [0.25, 0.3) is 0 Å². The van der Waals surface area contributed by atoms with Gasteiger partial charge >= 0.3 is 0 Å². The number of benzene rings is 1. The van der Waals surface area contributed by atoms with Crippen molar-refractivity contribution in [2.24, 2.45) is 11.1 Å². The first-order chi connectivity index (χ1) is 10.1. The van der Waals surface area contributed by atoms with Crippen molar-refractivity contribution in [3.63, 3.8) is 0 Å². The number of amides is 1. The molecule has 1 aliphatic rings. The smallest absolute Gasteiger partial charge is 0.222 e. The van der Waals surface area contributed by atoms with Gasteiger partial charge in [-0.1, -0.05) is 19.1 Å². The predicted octanol–water partition coefficient (Wildman–Crippen LogP) is 2.22. The van der Waals surface area contributed by atoms with E-state index in [2.05, 4.69) is 19.1 Å². The Hall–Kier alpha value is -1.55. The molecule has 21 heavy (non-hydrogen) atoms. The Kier molecular flexibility index (Phi) is 5.23. The number of nitrogens with two attached hydrogens (primary N) is 1. The van der Waals surface area contributed by atoms with Gasteiger partial charge in [-0.25, -0.2) is 0 Å². The number of aryl methyl sites for hydroxylation is 1. The Balaban J connectivity index is 1.74. The topological polar surface area (TPSA) is 55.6 Å². The highest BCUT2D eigenvalue weighted by atomic mass is 16.5. The van der Waals surface area contributed by atoms with E-state index in [0.717, 1.165) is 38.1 Å². The molecule has 1 fully saturated rings. The highest BCUT2D eigenvalue weighted by Gasteiger charge is 2.34. The molecule has 4 nitrogen and oxygen atoms in total. The second-order valence-electron chi connectivity index (χ2n) is 6.28. The summed E-state index contributed by atoms with van der Waals surface area (Å²) in [6, 6.07) is 8.05. The van der Waals surface area contributed by atoms with Crippen LogP contribution >= 0.6 is 0 Å². The Morgan fingerprint density at radius 1 is 1.38 bits per heavy atom. The van der Waals surface area contributed by atoms with E-state index in [1.165, 1.54) is 5.56 Å². The molecule has 1 aliphatic heterocycles. The van der Waals surface area contributed by atoms with Crippen molar-refractivity contribution in [2.75, 3.05) is 26.7 Å². The minimum absolute atomic E-state index is 0.117. The molecule has 1 amide bonds. The van der Waals surface area contributed by atoms with Crippen LogP contribution in [0.4, 0.5) is 0 Å². The van der Waals surface area contributed by atoms with Crippen molar-refractivity contribution in [3.05, 3.63) is 29.8 Å². The standard InChI is InChI=1S/C17H26N2O2/c1-17(12-18)10-11-19(13-17)16(20)5-3-4-14-6-8-15(21-2)9-7-14/h6-9H,3-5,10-13,18H2,1-2H3. The summed E-state index contributed by atoms with van der Waals surface area (Å²) < 4.78 is 5.14. The van der Waals surface area contributed by atoms with Gasteiger partial charge in [-0.15, -0.1) is 0 Å². The molecule has 116 valence electrons. The van der Waals surface area contributed by atoms with E-state index < -0.39 is 0 Å². The number of rotatable bonds is 6. The molecule has 0 spiro atoms. The van der Waals surface area contributed by atoms with Crippen molar-refractivity contribution in [2.45, 2.75) is 32.6 Å². The Bertz CT molecular complexity index is 472. The molecule has 1 aromatic rings. The number of likely N-dealkylation sites (tertiary alicyclic amines) is 1. The van der Waals surface area contributed by atoms with E-state index in [9.17, 15) is 4.79 Å². The Morgan fingerprint density at radius 3 is 2.67 bits per heavy atom. The van der Waals surface area contributed by atoms with E-state index in [1.807, 2.05) is 17.0 Å². The molecule has 1 unspecified atom stereocenters. The summed E-state index contributed by atoms with van der Waals surface area (Å²) >= 11 is 0. The lowest BCUT2D eigenvalue weighted by Gasteiger charge is -2.22. The number of carbonyl (C=O) groups excluding carboxylic acids is 1. The van der Waals surface area contributed by atoms with Crippen molar-refractivity contribution >= 4 is 5.91 Å². The quantitative estimate of drug-likeness (QED) is 0.874. The second kappa shape index (κ2) is 6.94. The van der Waals surface area contributed by atoms with Crippen LogP contribution in [-0.4, -0.2) is 37.6 Å². The van der Waals surface area contributed by atoms with Crippen LogP contribution in [0.2, 0.25) is 0 Å². The first-order valence-corrected chi connectivity index (χ1v) is 7.67. The maximum Gasteiger partial charge on any atom is 0.222 e. The maximum absolute atomic E-state index is 12.2. The second-order valence-corrected chi connectivity index (χ2v) is 6.28. The lowest BCUT2D eigenvalue weighted by atomic mass is 9.90. The average Bonchev–Trinajstić information content (AvgIpc) is 2.91. The van der Waals surface area contributed by atoms with Crippen LogP contribution in [0.15, 0.2) is 24.3 Å². The summed E-state index contributed by atoms with van der Waals surface area (Å²) in [7, 11) is 1.67. The molecule has 0 aromatic heterocycles. The number of methoxy groups -OCH3 is 1. The maximum atomic E-state index is 12.2. The Labute approximate surface area is 127 Å². The van der Waals surface area contributed by atoms with Crippen LogP contribution in [0.1, 0.15) is 31.7 Å². The number of hydrogen-bond acceptors (Lipinski definition) is 3. The minimum Gasteiger partial charge on any atom is -0.497 e. The van der Waals surface area contributed by atoms with Gasteiger partial charge in [0, 0.05) is 19.5 Å². The SMILES string of the molecule is COc1ccc(CCCC(=O)N2CCC(C)(CN)C2)cc1. The van der Waals surface area contributed by atoms with Gasteiger partial charge in [0.15, 0.2) is 0 Å². The molecule has 1 heterocycles. The summed E-state index contributed by atoms with van der Waals surface area (Å²) in [6.45, 7) is 4.49. The van der Waals surface area contributed by atoms with Crippen molar-refractivity contribution in [3.8, 4) is 5.75 Å². The molecule has 0 aliphatic carbocycles. The number of ether oxygens (including phenoxy) is 1. The van der Waals surface area contributed by atoms with Crippen molar-refractivity contribution in [1.82, 2.24) is 4.90 Å². The molecule has 1 saturated heterocycles. The molecule has 2 N–H and O–H groups in total. The van der Waals surface area contributed by atoms with Gasteiger partial charge in [-0.2, -0.15) is 0 Å². The first kappa shape index (κ1) is 15.8. The third-order valence-electron chi connectivity index (χ3n) is 4.42. The molecule has 2 rings (SSSR count). The van der Waals surface area contributed by atoms with Gasteiger partial charge in [0.1, 0.15) is 5.75 Å². The molecule has 1 aromatic carbocycles. The third kappa shape index (κ3) is 4.21. The Morgan fingerprint density at radius 2 is 2.10 bits per heavy atom. The molecular weight excluding hydrogens is 264 g/mol. The van der Waals surface area contributed by atoms with Gasteiger partial charge in [-0.05, 0) is 48.9 Å². The summed E-state index contributed by atoms with van der Waals surface area (Å²) in [4.78, 5) is 14.2. The third-order valence-corrected chi connectivity index (χ3v) is 4.42. The van der Waals surface area contributed by atoms with E-state index in [4.69, 9.17) is 10.5 Å². The van der Waals surface area contributed by atoms with Crippen molar-refractivity contribution < 1.29 is 9.53 Å². The fourth-order valence-corrected chi connectivity index (χ4v) is 2.80. The first-order valence-electron chi connectivity index (χ1n) is 7.67. The largest absolute Gasteiger partial charge is 0.497 e. The molecule has 0 bridgehead atoms. The van der Waals surface area contributed by atoms with Crippen LogP contribution in [0.5, 0.6) is 5.75 Å².